The molecule has 0 saturated heterocycles. The van der Waals surface area contributed by atoms with Crippen LogP contribution in [-0.4, -0.2) is 12.5 Å². The van der Waals surface area contributed by atoms with E-state index in [-0.39, 0.29) is 12.1 Å². The third-order valence-corrected chi connectivity index (χ3v) is 6.88. The fraction of sp³-hybridized carbons (Fsp3) is 0.261. The van der Waals surface area contributed by atoms with Crippen LogP contribution in [0.25, 0.3) is 0 Å². The number of hydrogen-bond acceptors (Lipinski definition) is 3. The van der Waals surface area contributed by atoms with E-state index in [4.69, 9.17) is 0 Å². The summed E-state index contributed by atoms with van der Waals surface area (Å²) in [5.41, 5.74) is 5.82. The minimum Gasteiger partial charge on any atom is -0.353 e. The Bertz CT molecular complexity index is 1010. The van der Waals surface area contributed by atoms with Gasteiger partial charge in [0.1, 0.15) is 24.3 Å². The summed E-state index contributed by atoms with van der Waals surface area (Å²) >= 11 is 1.76. The molecule has 0 bridgehead atoms. The number of benzene rings is 2. The molecule has 0 spiro atoms. The van der Waals surface area contributed by atoms with Crippen LogP contribution in [0, 0.1) is 6.92 Å². The molecule has 2 atom stereocenters. The maximum Gasteiger partial charge on any atom is 0.256 e. The molecule has 1 unspecified atom stereocenters. The first-order valence-electron chi connectivity index (χ1n) is 9.83. The van der Waals surface area contributed by atoms with E-state index in [1.807, 2.05) is 0 Å². The molecule has 3 heterocycles. The summed E-state index contributed by atoms with van der Waals surface area (Å²) in [6.45, 7) is 5.17. The zero-order valence-electron chi connectivity index (χ0n) is 15.9. The highest BCUT2D eigenvalue weighted by Crippen LogP contribution is 2.39. The van der Waals surface area contributed by atoms with Gasteiger partial charge >= 0.3 is 0 Å². The molecule has 4 nitrogen and oxygen atoms in total. The molecule has 3 aromatic rings. The zero-order valence-corrected chi connectivity index (χ0v) is 16.7. The van der Waals surface area contributed by atoms with Crippen molar-refractivity contribution in [2.75, 3.05) is 11.9 Å². The SMILES string of the molecule is Cc1ccc([C@H]2NC(=O)c3c(sc4c3CC[NH+](Cc3ccccc3)C4)N2)cc1. The first-order chi connectivity index (χ1) is 13.7. The lowest BCUT2D eigenvalue weighted by atomic mass is 10.00. The van der Waals surface area contributed by atoms with Crippen molar-refractivity contribution >= 4 is 22.2 Å². The molecule has 142 valence electrons. The van der Waals surface area contributed by atoms with Crippen molar-refractivity contribution in [3.05, 3.63) is 87.3 Å². The number of quaternary nitrogens is 1. The number of anilines is 1. The summed E-state index contributed by atoms with van der Waals surface area (Å²) < 4.78 is 0. The molecule has 1 amide bonds. The van der Waals surface area contributed by atoms with E-state index >= 15 is 0 Å². The van der Waals surface area contributed by atoms with Crippen LogP contribution in [0.15, 0.2) is 54.6 Å². The topological polar surface area (TPSA) is 45.6 Å². The van der Waals surface area contributed by atoms with Crippen molar-refractivity contribution in [2.24, 2.45) is 0 Å². The number of fused-ring (bicyclic) bond motifs is 3. The highest BCUT2D eigenvalue weighted by molar-refractivity contribution is 7.16. The van der Waals surface area contributed by atoms with Crippen molar-refractivity contribution in [2.45, 2.75) is 32.6 Å². The number of hydrogen-bond donors (Lipinski definition) is 3. The maximum atomic E-state index is 12.9. The van der Waals surface area contributed by atoms with Gasteiger partial charge in [-0.05, 0) is 18.1 Å². The van der Waals surface area contributed by atoms with E-state index in [1.165, 1.54) is 21.6 Å². The quantitative estimate of drug-likeness (QED) is 0.644. The van der Waals surface area contributed by atoms with Crippen molar-refractivity contribution < 1.29 is 9.69 Å². The van der Waals surface area contributed by atoms with Gasteiger partial charge in [-0.3, -0.25) is 4.79 Å². The Labute approximate surface area is 169 Å². The molecular formula is C23H24N3OS+. The standard InChI is InChI=1S/C23H23N3OS/c1-15-7-9-17(10-8-15)21-24-22(27)20-18-11-12-26(13-16-5-3-2-4-6-16)14-19(18)28-23(20)25-21/h2-10,21,25H,11-14H2,1H3,(H,24,27)/p+1/t21-/m0/s1. The van der Waals surface area contributed by atoms with Crippen LogP contribution < -0.4 is 15.5 Å². The second-order valence-corrected chi connectivity index (χ2v) is 8.86. The van der Waals surface area contributed by atoms with Crippen LogP contribution in [0.3, 0.4) is 0 Å². The summed E-state index contributed by atoms with van der Waals surface area (Å²) in [5.74, 6) is 0.0586. The summed E-state index contributed by atoms with van der Waals surface area (Å²) in [6.07, 6.45) is 0.807. The van der Waals surface area contributed by atoms with Crippen molar-refractivity contribution in [1.29, 1.82) is 0 Å². The van der Waals surface area contributed by atoms with Crippen molar-refractivity contribution in [3.63, 3.8) is 0 Å². The summed E-state index contributed by atoms with van der Waals surface area (Å²) in [7, 11) is 0. The Kier molecular flexibility index (Phi) is 4.41. The fourth-order valence-corrected chi connectivity index (χ4v) is 5.55. The van der Waals surface area contributed by atoms with E-state index in [2.05, 4.69) is 72.2 Å². The van der Waals surface area contributed by atoms with E-state index in [0.29, 0.717) is 0 Å². The minimum absolute atomic E-state index is 0.0586. The highest BCUT2D eigenvalue weighted by atomic mass is 32.1. The first kappa shape index (κ1) is 17.5. The lowest BCUT2D eigenvalue weighted by Crippen LogP contribution is -3.10. The number of amides is 1. The molecule has 0 aliphatic carbocycles. The second-order valence-electron chi connectivity index (χ2n) is 7.76. The number of thiophene rings is 1. The van der Waals surface area contributed by atoms with Gasteiger partial charge in [0, 0.05) is 12.0 Å². The molecule has 2 aliphatic rings. The highest BCUT2D eigenvalue weighted by Gasteiger charge is 2.34. The number of carbonyl (C=O) groups is 1. The maximum absolute atomic E-state index is 12.9. The van der Waals surface area contributed by atoms with Gasteiger partial charge in [0.05, 0.1) is 17.0 Å². The van der Waals surface area contributed by atoms with Gasteiger partial charge < -0.3 is 15.5 Å². The predicted molar refractivity (Wildman–Crippen MR) is 113 cm³/mol. The summed E-state index contributed by atoms with van der Waals surface area (Å²) in [4.78, 5) is 15.8. The molecular weight excluding hydrogens is 366 g/mol. The Hall–Kier alpha value is -2.63. The molecule has 2 aromatic carbocycles. The molecule has 5 rings (SSSR count). The minimum atomic E-state index is -0.159. The first-order valence-corrected chi connectivity index (χ1v) is 10.6. The average Bonchev–Trinajstić information content (AvgIpc) is 3.07. The largest absolute Gasteiger partial charge is 0.353 e. The number of rotatable bonds is 3. The molecule has 1 aromatic heterocycles. The smallest absolute Gasteiger partial charge is 0.256 e. The van der Waals surface area contributed by atoms with Gasteiger partial charge in [0.25, 0.3) is 5.91 Å². The molecule has 0 fully saturated rings. The van der Waals surface area contributed by atoms with Crippen LogP contribution >= 0.6 is 11.3 Å². The van der Waals surface area contributed by atoms with Gasteiger partial charge in [-0.1, -0.05) is 60.2 Å². The van der Waals surface area contributed by atoms with Gasteiger partial charge in [-0.15, -0.1) is 11.3 Å². The molecule has 0 radical (unpaired) electrons. The molecule has 3 N–H and O–H groups in total. The monoisotopic (exact) mass is 390 g/mol. The van der Waals surface area contributed by atoms with Crippen LogP contribution in [0.5, 0.6) is 0 Å². The third kappa shape index (κ3) is 3.21. The van der Waals surface area contributed by atoms with Crippen LogP contribution in [0.1, 0.15) is 43.7 Å². The Balaban J connectivity index is 1.38. The molecule has 0 saturated carbocycles. The van der Waals surface area contributed by atoms with E-state index in [1.54, 1.807) is 16.2 Å². The van der Waals surface area contributed by atoms with Crippen molar-refractivity contribution in [3.8, 4) is 0 Å². The Morgan fingerprint density at radius 3 is 2.64 bits per heavy atom. The number of carbonyl (C=O) groups excluding carboxylic acids is 1. The van der Waals surface area contributed by atoms with E-state index in [0.717, 1.165) is 42.2 Å². The van der Waals surface area contributed by atoms with Crippen molar-refractivity contribution in [1.82, 2.24) is 5.32 Å². The molecule has 5 heteroatoms. The van der Waals surface area contributed by atoms with E-state index in [9.17, 15) is 4.79 Å². The molecule has 2 aliphatic heterocycles. The lowest BCUT2D eigenvalue weighted by molar-refractivity contribution is -0.929. The predicted octanol–water partition coefficient (Wildman–Crippen LogP) is 3.05. The van der Waals surface area contributed by atoms with Crippen LogP contribution in [0.2, 0.25) is 0 Å². The normalized spacial score (nSPS) is 20.7. The van der Waals surface area contributed by atoms with E-state index < -0.39 is 0 Å². The summed E-state index contributed by atoms with van der Waals surface area (Å²) in [6, 6.07) is 19.0. The van der Waals surface area contributed by atoms with Crippen LogP contribution in [0.4, 0.5) is 5.00 Å². The number of aryl methyl sites for hydroxylation is 1. The second kappa shape index (κ2) is 7.08. The van der Waals surface area contributed by atoms with Gasteiger partial charge in [0.2, 0.25) is 0 Å². The van der Waals surface area contributed by atoms with Crippen LogP contribution in [-0.2, 0) is 19.5 Å². The fourth-order valence-electron chi connectivity index (χ4n) is 4.21. The summed E-state index contributed by atoms with van der Waals surface area (Å²) in [5, 5.41) is 7.74. The lowest BCUT2D eigenvalue weighted by Gasteiger charge is -2.27. The molecule has 28 heavy (non-hydrogen) atoms. The van der Waals surface area contributed by atoms with Gasteiger partial charge in [-0.2, -0.15) is 0 Å². The van der Waals surface area contributed by atoms with Gasteiger partial charge in [-0.25, -0.2) is 0 Å². The number of nitrogens with one attached hydrogen (secondary N) is 3. The third-order valence-electron chi connectivity index (χ3n) is 5.72. The Morgan fingerprint density at radius 1 is 1.07 bits per heavy atom. The average molecular weight is 391 g/mol. The van der Waals surface area contributed by atoms with Gasteiger partial charge in [0.15, 0.2) is 0 Å². The Morgan fingerprint density at radius 2 is 1.86 bits per heavy atom. The zero-order chi connectivity index (χ0) is 19.1.